The van der Waals surface area contributed by atoms with E-state index in [1.54, 1.807) is 7.11 Å². The fourth-order valence-corrected chi connectivity index (χ4v) is 15.1. The Morgan fingerprint density at radius 1 is 0.894 bits per heavy atom. The van der Waals surface area contributed by atoms with Crippen molar-refractivity contribution in [2.75, 3.05) is 20.5 Å². The first-order valence-corrected chi connectivity index (χ1v) is 19.1. The van der Waals surface area contributed by atoms with Gasteiger partial charge < -0.3 is 33.2 Å². The van der Waals surface area contributed by atoms with Crippen molar-refractivity contribution in [2.45, 2.75) is 162 Å². The minimum atomic E-state index is -0.691. The van der Waals surface area contributed by atoms with Crippen LogP contribution in [-0.2, 0) is 33.2 Å². The van der Waals surface area contributed by atoms with Crippen molar-refractivity contribution in [3.63, 3.8) is 0 Å². The van der Waals surface area contributed by atoms with Crippen LogP contribution in [0, 0.1) is 57.2 Å². The van der Waals surface area contributed by atoms with E-state index in [1.807, 2.05) is 13.8 Å². The molecular formula is C39H62O8. The van der Waals surface area contributed by atoms with Crippen molar-refractivity contribution >= 4 is 6.16 Å². The van der Waals surface area contributed by atoms with Gasteiger partial charge in [0.05, 0.1) is 24.9 Å². The number of carbonyl (C=O) groups excluding carboxylic acids is 1. The molecule has 0 aromatic heterocycles. The summed E-state index contributed by atoms with van der Waals surface area (Å²) < 4.78 is 42.7. The first-order chi connectivity index (χ1) is 22.1. The number of methoxy groups -OCH3 is 1. The van der Waals surface area contributed by atoms with E-state index in [-0.39, 0.29) is 30.0 Å². The van der Waals surface area contributed by atoms with E-state index in [1.165, 1.54) is 32.1 Å². The van der Waals surface area contributed by atoms with E-state index in [0.717, 1.165) is 43.9 Å². The molecule has 6 unspecified atom stereocenters. The van der Waals surface area contributed by atoms with Crippen molar-refractivity contribution in [3.05, 3.63) is 0 Å². The molecular weight excluding hydrogens is 596 g/mol. The highest BCUT2D eigenvalue weighted by molar-refractivity contribution is 5.63. The van der Waals surface area contributed by atoms with Gasteiger partial charge in [-0.3, -0.25) is 0 Å². The molecule has 8 aliphatic rings. The van der Waals surface area contributed by atoms with Gasteiger partial charge in [-0.25, -0.2) is 4.79 Å². The minimum absolute atomic E-state index is 0.0993. The molecule has 0 radical (unpaired) electrons. The van der Waals surface area contributed by atoms with Gasteiger partial charge in [0.2, 0.25) is 0 Å². The van der Waals surface area contributed by atoms with E-state index in [4.69, 9.17) is 33.2 Å². The largest absolute Gasteiger partial charge is 0.509 e. The normalized spacial score (nSPS) is 55.4. The summed E-state index contributed by atoms with van der Waals surface area (Å²) in [5.41, 5.74) is 0.0352. The summed E-state index contributed by atoms with van der Waals surface area (Å²) in [5.74, 6) is 3.94. The summed E-state index contributed by atoms with van der Waals surface area (Å²) in [4.78, 5) is 12.3. The fourth-order valence-electron chi connectivity index (χ4n) is 15.1. The summed E-state index contributed by atoms with van der Waals surface area (Å²) in [6.07, 6.45) is 10.8. The third kappa shape index (κ3) is 4.45. The maximum atomic E-state index is 12.3. The molecule has 8 heteroatoms. The van der Waals surface area contributed by atoms with Crippen molar-refractivity contribution in [2.24, 2.45) is 57.2 Å². The molecule has 5 saturated carbocycles. The van der Waals surface area contributed by atoms with Gasteiger partial charge in [0.25, 0.3) is 0 Å². The Kier molecular flexibility index (Phi) is 7.63. The van der Waals surface area contributed by atoms with Gasteiger partial charge in [-0.2, -0.15) is 0 Å². The Bertz CT molecular complexity index is 1250. The molecule has 8 rings (SSSR count). The fraction of sp³-hybridized carbons (Fsp3) is 0.974. The Hall–Kier alpha value is -0.930. The zero-order valence-corrected chi connectivity index (χ0v) is 30.6. The van der Waals surface area contributed by atoms with Crippen LogP contribution < -0.4 is 0 Å². The van der Waals surface area contributed by atoms with Gasteiger partial charge in [0.15, 0.2) is 12.4 Å². The molecule has 3 aliphatic heterocycles. The van der Waals surface area contributed by atoms with E-state index in [0.29, 0.717) is 53.3 Å². The highest BCUT2D eigenvalue weighted by Gasteiger charge is 2.85. The Morgan fingerprint density at radius 2 is 1.68 bits per heavy atom. The lowest BCUT2D eigenvalue weighted by Gasteiger charge is -2.60. The second-order valence-electron chi connectivity index (χ2n) is 19.0. The number of hydrogen-bond donors (Lipinski definition) is 0. The van der Waals surface area contributed by atoms with E-state index >= 15 is 0 Å². The zero-order valence-electron chi connectivity index (χ0n) is 30.6. The van der Waals surface area contributed by atoms with Crippen molar-refractivity contribution in [1.29, 1.82) is 0 Å². The van der Waals surface area contributed by atoms with Crippen LogP contribution in [0.15, 0.2) is 0 Å². The summed E-state index contributed by atoms with van der Waals surface area (Å²) in [6.45, 7) is 19.9. The van der Waals surface area contributed by atoms with Crippen molar-refractivity contribution in [1.82, 2.24) is 0 Å². The molecule has 0 N–H and O–H groups in total. The Labute approximate surface area is 283 Å². The van der Waals surface area contributed by atoms with E-state index < -0.39 is 23.5 Å². The molecule has 266 valence electrons. The maximum Gasteiger partial charge on any atom is 0.509 e. The zero-order chi connectivity index (χ0) is 33.4. The number of rotatable bonds is 6. The SMILES string of the molecule is COCO[C@H]1CCOC(O[C@H]2CC[C@@]34C(CC[C@H]5C6CC7O[C@@](C)(C8OC(=O)OC8(C)C)C[C@@H](C)C7[C@@]6(C)CC[C@]53[C@@H]4C)C2(C)C)C1. The third-order valence-corrected chi connectivity index (χ3v) is 16.4. The monoisotopic (exact) mass is 658 g/mol. The highest BCUT2D eigenvalue weighted by Crippen LogP contribution is 2.90. The first-order valence-electron chi connectivity index (χ1n) is 19.1. The number of hydrogen-bond acceptors (Lipinski definition) is 8. The second kappa shape index (κ2) is 10.8. The Balaban J connectivity index is 1.01. The molecule has 47 heavy (non-hydrogen) atoms. The number of cyclic esters (lactones) is 2. The molecule has 3 heterocycles. The van der Waals surface area contributed by atoms with Crippen LogP contribution in [0.3, 0.4) is 0 Å². The molecule has 3 saturated heterocycles. The lowest BCUT2D eigenvalue weighted by Crippen LogP contribution is -2.59. The van der Waals surface area contributed by atoms with Gasteiger partial charge in [0, 0.05) is 13.5 Å². The van der Waals surface area contributed by atoms with Crippen LogP contribution in [0.5, 0.6) is 0 Å². The predicted molar refractivity (Wildman–Crippen MR) is 175 cm³/mol. The van der Waals surface area contributed by atoms with Gasteiger partial charge in [-0.1, -0.05) is 34.6 Å². The lowest BCUT2D eigenvalue weighted by atomic mass is 9.46. The van der Waals surface area contributed by atoms with Gasteiger partial charge in [0.1, 0.15) is 18.0 Å². The molecule has 2 spiro atoms. The molecule has 0 aromatic carbocycles. The number of carbonyl (C=O) groups is 1. The predicted octanol–water partition coefficient (Wildman–Crippen LogP) is 7.90. The highest BCUT2D eigenvalue weighted by atomic mass is 16.8. The average molecular weight is 659 g/mol. The van der Waals surface area contributed by atoms with Crippen LogP contribution in [-0.4, -0.2) is 68.6 Å². The summed E-state index contributed by atoms with van der Waals surface area (Å²) in [5, 5.41) is 0. The van der Waals surface area contributed by atoms with Crippen molar-refractivity contribution < 1.29 is 38.0 Å². The van der Waals surface area contributed by atoms with Crippen LogP contribution in [0.1, 0.15) is 120 Å². The van der Waals surface area contributed by atoms with Crippen LogP contribution in [0.4, 0.5) is 4.79 Å². The summed E-state index contributed by atoms with van der Waals surface area (Å²) >= 11 is 0. The molecule has 8 nitrogen and oxygen atoms in total. The summed E-state index contributed by atoms with van der Waals surface area (Å²) in [6, 6.07) is 0. The van der Waals surface area contributed by atoms with Gasteiger partial charge >= 0.3 is 6.16 Å². The van der Waals surface area contributed by atoms with E-state index in [9.17, 15) is 4.79 Å². The molecule has 8 fully saturated rings. The first kappa shape index (κ1) is 33.2. The molecule has 5 aliphatic carbocycles. The second-order valence-corrected chi connectivity index (χ2v) is 19.0. The summed E-state index contributed by atoms with van der Waals surface area (Å²) in [7, 11) is 1.68. The molecule has 15 atom stereocenters. The van der Waals surface area contributed by atoms with E-state index in [2.05, 4.69) is 41.5 Å². The molecule has 0 amide bonds. The topological polar surface area (TPSA) is 81.7 Å². The Morgan fingerprint density at radius 3 is 2.40 bits per heavy atom. The average Bonchev–Trinajstić information content (AvgIpc) is 3.19. The van der Waals surface area contributed by atoms with Gasteiger partial charge in [-0.15, -0.1) is 0 Å². The smallest absolute Gasteiger partial charge is 0.424 e. The number of ether oxygens (including phenoxy) is 7. The quantitative estimate of drug-likeness (QED) is 0.162. The standard InChI is InChI=1S/C39H62O8/c1-22-20-37(8,32-35(5,6)47-33(40)45-32)46-27-19-26-25-10-11-28-34(3,4)29(44-30-18-24(13-17-42-30)43-21-41-9)12-14-39(28)23(2)38(25,39)16-15-36(26,7)31(22)27/h22-32H,10-21H2,1-9H3/t22-,23+,24+,25+,26?,27?,28?,29+,30?,31?,32?,36+,37-,38+,39-/m1/s1. The molecule has 0 bridgehead atoms. The van der Waals surface area contributed by atoms with Crippen LogP contribution >= 0.6 is 0 Å². The number of fused-ring (bicyclic) bond motifs is 4. The van der Waals surface area contributed by atoms with Crippen molar-refractivity contribution in [3.8, 4) is 0 Å². The van der Waals surface area contributed by atoms with Crippen LogP contribution in [0.2, 0.25) is 0 Å². The van der Waals surface area contributed by atoms with Gasteiger partial charge in [-0.05, 0) is 136 Å². The van der Waals surface area contributed by atoms with Crippen LogP contribution in [0.25, 0.3) is 0 Å². The molecule has 0 aromatic rings. The lowest BCUT2D eigenvalue weighted by molar-refractivity contribution is -0.255. The maximum absolute atomic E-state index is 12.3. The minimum Gasteiger partial charge on any atom is -0.424 e. The third-order valence-electron chi connectivity index (χ3n) is 16.4.